The van der Waals surface area contributed by atoms with Gasteiger partial charge in [-0.15, -0.1) is 0 Å². The third-order valence-corrected chi connectivity index (χ3v) is 3.99. The van der Waals surface area contributed by atoms with E-state index in [9.17, 15) is 0 Å². The molecule has 1 heterocycles. The molecular weight excluding hydrogens is 234 g/mol. The number of piperidine rings is 1. The van der Waals surface area contributed by atoms with Gasteiger partial charge in [-0.05, 0) is 51.7 Å². The molecule has 0 radical (unpaired) electrons. The predicted molar refractivity (Wildman–Crippen MR) is 81.2 cm³/mol. The highest BCUT2D eigenvalue weighted by molar-refractivity contribution is 5.23. The maximum absolute atomic E-state index is 3.22. The second kappa shape index (κ2) is 7.04. The molecule has 3 heteroatoms. The van der Waals surface area contributed by atoms with Crippen LogP contribution in [0.4, 0.5) is 0 Å². The Kier molecular flexibility index (Phi) is 5.37. The van der Waals surface area contributed by atoms with E-state index >= 15 is 0 Å². The summed E-state index contributed by atoms with van der Waals surface area (Å²) in [5.74, 6) is 0. The first-order chi connectivity index (χ1) is 9.19. The number of nitrogens with zero attached hydrogens (tertiary/aromatic N) is 2. The molecule has 1 aliphatic rings. The van der Waals surface area contributed by atoms with E-state index in [4.69, 9.17) is 0 Å². The van der Waals surface area contributed by atoms with Crippen LogP contribution in [0.25, 0.3) is 0 Å². The number of rotatable bonds is 5. The normalized spacial score (nSPS) is 20.9. The van der Waals surface area contributed by atoms with Crippen LogP contribution >= 0.6 is 0 Å². The molecule has 0 spiro atoms. The van der Waals surface area contributed by atoms with Crippen molar-refractivity contribution in [2.45, 2.75) is 32.0 Å². The summed E-state index contributed by atoms with van der Waals surface area (Å²) in [4.78, 5) is 4.95. The van der Waals surface area contributed by atoms with Crippen molar-refractivity contribution in [3.63, 3.8) is 0 Å². The highest BCUT2D eigenvalue weighted by Gasteiger charge is 2.21. The second-order valence-corrected chi connectivity index (χ2v) is 5.85. The van der Waals surface area contributed by atoms with Crippen molar-refractivity contribution >= 4 is 0 Å². The molecule has 1 N–H and O–H groups in total. The van der Waals surface area contributed by atoms with Crippen LogP contribution in [0.15, 0.2) is 24.3 Å². The number of likely N-dealkylation sites (N-methyl/N-ethyl adjacent to an activating group) is 1. The van der Waals surface area contributed by atoms with Crippen LogP contribution < -0.4 is 5.32 Å². The molecule has 0 aromatic heterocycles. The van der Waals surface area contributed by atoms with Crippen molar-refractivity contribution in [2.75, 3.05) is 34.2 Å². The zero-order chi connectivity index (χ0) is 13.7. The Morgan fingerprint density at radius 3 is 2.84 bits per heavy atom. The van der Waals surface area contributed by atoms with E-state index in [1.165, 1.54) is 37.1 Å². The minimum atomic E-state index is 0.717. The van der Waals surface area contributed by atoms with Gasteiger partial charge in [0.25, 0.3) is 0 Å². The summed E-state index contributed by atoms with van der Waals surface area (Å²) in [6.45, 7) is 4.47. The first-order valence-electron chi connectivity index (χ1n) is 7.30. The third-order valence-electron chi connectivity index (χ3n) is 3.99. The lowest BCUT2D eigenvalue weighted by Crippen LogP contribution is -2.44. The molecule has 1 atom stereocenters. The Labute approximate surface area is 117 Å². The molecule has 1 aromatic rings. The molecule has 1 fully saturated rings. The van der Waals surface area contributed by atoms with Gasteiger partial charge in [-0.3, -0.25) is 4.90 Å². The Morgan fingerprint density at radius 1 is 1.32 bits per heavy atom. The van der Waals surface area contributed by atoms with Crippen molar-refractivity contribution in [3.8, 4) is 0 Å². The zero-order valence-corrected chi connectivity index (χ0v) is 12.5. The quantitative estimate of drug-likeness (QED) is 0.874. The summed E-state index contributed by atoms with van der Waals surface area (Å²) in [7, 11) is 6.39. The molecular formula is C16H27N3. The van der Waals surface area contributed by atoms with Crippen LogP contribution in [0.3, 0.4) is 0 Å². The third kappa shape index (κ3) is 4.30. The van der Waals surface area contributed by atoms with Crippen molar-refractivity contribution < 1.29 is 0 Å². The van der Waals surface area contributed by atoms with Gasteiger partial charge in [-0.25, -0.2) is 0 Å². The monoisotopic (exact) mass is 261 g/mol. The Morgan fingerprint density at radius 2 is 2.11 bits per heavy atom. The highest BCUT2D eigenvalue weighted by atomic mass is 15.2. The van der Waals surface area contributed by atoms with Gasteiger partial charge in [0.2, 0.25) is 0 Å². The lowest BCUT2D eigenvalue weighted by molar-refractivity contribution is 0.128. The molecule has 1 unspecified atom stereocenters. The minimum Gasteiger partial charge on any atom is -0.316 e. The summed E-state index contributed by atoms with van der Waals surface area (Å²) < 4.78 is 0. The Balaban J connectivity index is 1.94. The fraction of sp³-hybridized carbons (Fsp3) is 0.625. The van der Waals surface area contributed by atoms with Crippen LogP contribution in [0.5, 0.6) is 0 Å². The molecule has 1 aromatic carbocycles. The summed E-state index contributed by atoms with van der Waals surface area (Å²) in [5, 5.41) is 3.22. The molecule has 0 saturated carbocycles. The van der Waals surface area contributed by atoms with Crippen LogP contribution in [0.1, 0.15) is 24.0 Å². The van der Waals surface area contributed by atoms with Gasteiger partial charge in [0.05, 0.1) is 0 Å². The molecule has 1 aliphatic heterocycles. The maximum atomic E-state index is 3.22. The summed E-state index contributed by atoms with van der Waals surface area (Å²) in [6.07, 6.45) is 2.66. The second-order valence-electron chi connectivity index (χ2n) is 5.85. The molecule has 2 rings (SSSR count). The van der Waals surface area contributed by atoms with Crippen molar-refractivity contribution in [1.82, 2.24) is 15.1 Å². The van der Waals surface area contributed by atoms with Gasteiger partial charge in [0, 0.05) is 25.7 Å². The molecule has 19 heavy (non-hydrogen) atoms. The van der Waals surface area contributed by atoms with E-state index in [1.807, 2.05) is 7.05 Å². The summed E-state index contributed by atoms with van der Waals surface area (Å²) in [5.41, 5.74) is 2.81. The predicted octanol–water partition coefficient (Wildman–Crippen LogP) is 1.93. The lowest BCUT2D eigenvalue weighted by atomic mass is 10.0. The number of hydrogen-bond acceptors (Lipinski definition) is 3. The van der Waals surface area contributed by atoms with E-state index in [0.717, 1.165) is 13.1 Å². The minimum absolute atomic E-state index is 0.717. The van der Waals surface area contributed by atoms with Gasteiger partial charge in [-0.1, -0.05) is 24.3 Å². The van der Waals surface area contributed by atoms with Gasteiger partial charge in [0.1, 0.15) is 0 Å². The lowest BCUT2D eigenvalue weighted by Gasteiger charge is -2.36. The number of hydrogen-bond donors (Lipinski definition) is 1. The fourth-order valence-corrected chi connectivity index (χ4v) is 2.90. The standard InChI is InChI=1S/C16H27N3/c1-17-11-14-6-4-7-15(10-14)12-19-9-5-8-16(13-19)18(2)3/h4,6-7,10,16-17H,5,8-9,11-13H2,1-3H3. The van der Waals surface area contributed by atoms with Crippen LogP contribution in [-0.4, -0.2) is 50.1 Å². The largest absolute Gasteiger partial charge is 0.316 e. The average Bonchev–Trinajstić information content (AvgIpc) is 2.40. The summed E-state index contributed by atoms with van der Waals surface area (Å²) >= 11 is 0. The number of benzene rings is 1. The SMILES string of the molecule is CNCc1cccc(CN2CCCC(N(C)C)C2)c1. The van der Waals surface area contributed by atoms with Gasteiger partial charge >= 0.3 is 0 Å². The molecule has 0 bridgehead atoms. The van der Waals surface area contributed by atoms with E-state index < -0.39 is 0 Å². The number of nitrogens with one attached hydrogen (secondary N) is 1. The fourth-order valence-electron chi connectivity index (χ4n) is 2.90. The highest BCUT2D eigenvalue weighted by Crippen LogP contribution is 2.17. The molecule has 106 valence electrons. The van der Waals surface area contributed by atoms with Crippen LogP contribution in [-0.2, 0) is 13.1 Å². The maximum Gasteiger partial charge on any atom is 0.0234 e. The number of likely N-dealkylation sites (tertiary alicyclic amines) is 1. The molecule has 1 saturated heterocycles. The van der Waals surface area contributed by atoms with Crippen LogP contribution in [0.2, 0.25) is 0 Å². The van der Waals surface area contributed by atoms with E-state index in [-0.39, 0.29) is 0 Å². The van der Waals surface area contributed by atoms with Gasteiger partial charge in [-0.2, -0.15) is 0 Å². The smallest absolute Gasteiger partial charge is 0.0234 e. The molecule has 0 amide bonds. The van der Waals surface area contributed by atoms with Crippen molar-refractivity contribution in [2.24, 2.45) is 0 Å². The van der Waals surface area contributed by atoms with Crippen molar-refractivity contribution in [3.05, 3.63) is 35.4 Å². The van der Waals surface area contributed by atoms with Crippen molar-refractivity contribution in [1.29, 1.82) is 0 Å². The van der Waals surface area contributed by atoms with Gasteiger partial charge < -0.3 is 10.2 Å². The van der Waals surface area contributed by atoms with E-state index in [0.29, 0.717) is 6.04 Å². The van der Waals surface area contributed by atoms with E-state index in [1.54, 1.807) is 0 Å². The van der Waals surface area contributed by atoms with Crippen LogP contribution in [0, 0.1) is 0 Å². The topological polar surface area (TPSA) is 18.5 Å². The first-order valence-corrected chi connectivity index (χ1v) is 7.30. The Bertz CT molecular complexity index is 389. The molecule has 0 aliphatic carbocycles. The van der Waals surface area contributed by atoms with Gasteiger partial charge in [0.15, 0.2) is 0 Å². The Hall–Kier alpha value is -0.900. The zero-order valence-electron chi connectivity index (χ0n) is 12.5. The first kappa shape index (κ1) is 14.5. The summed E-state index contributed by atoms with van der Waals surface area (Å²) in [6, 6.07) is 9.66. The van der Waals surface area contributed by atoms with E-state index in [2.05, 4.69) is 53.5 Å². The molecule has 3 nitrogen and oxygen atoms in total. The average molecular weight is 261 g/mol.